The van der Waals surface area contributed by atoms with E-state index in [1.54, 1.807) is 0 Å². The quantitative estimate of drug-likeness (QED) is 0.0825. The Kier molecular flexibility index (Phi) is 16.7. The summed E-state index contributed by atoms with van der Waals surface area (Å²) in [5.41, 5.74) is 13.2. The predicted molar refractivity (Wildman–Crippen MR) is 329 cm³/mol. The fraction of sp³-hybridized carbons (Fsp3) is 0.143. The van der Waals surface area contributed by atoms with E-state index in [0.717, 1.165) is 12.8 Å². The van der Waals surface area contributed by atoms with Gasteiger partial charge >= 0.3 is 0 Å². The van der Waals surface area contributed by atoms with Crippen LogP contribution < -0.4 is 0 Å². The summed E-state index contributed by atoms with van der Waals surface area (Å²) in [6.07, 6.45) is 2.00. The largest absolute Gasteiger partial charge is 0.172 e. The molecule has 0 aliphatic rings. The molecule has 0 spiro atoms. The number of thiol groups is 3. The van der Waals surface area contributed by atoms with Gasteiger partial charge in [-0.25, -0.2) is 0 Å². The summed E-state index contributed by atoms with van der Waals surface area (Å²) >= 11 is 3.75. The Morgan fingerprint density at radius 3 is 0.720 bits per heavy atom. The van der Waals surface area contributed by atoms with E-state index >= 15 is 0 Å². The van der Waals surface area contributed by atoms with Gasteiger partial charge in [-0.15, -0.1) is 0 Å². The summed E-state index contributed by atoms with van der Waals surface area (Å²) in [5.74, 6) is 0. The lowest BCUT2D eigenvalue weighted by Crippen LogP contribution is -1.95. The molecule has 0 N–H and O–H groups in total. The third-order valence-corrected chi connectivity index (χ3v) is 23.8. The molecule has 10 aromatic rings. The fourth-order valence-electron chi connectivity index (χ4n) is 9.53. The SMILES string of the molecule is Cc1ccc([SH](c2ccc(C)cc2)c2cc(Sc3ccc(CCc4ccc([SH](c5ccc(C)cc5)c5cc(Sc6ccc(C)c([SH](c7ccc(C)cc7)c7ccc(C)cc7)c6)ccc5C)cc4)cc3)ccc2C)cc1. The van der Waals surface area contributed by atoms with Crippen molar-refractivity contribution in [3.05, 3.63) is 280 Å². The van der Waals surface area contributed by atoms with Crippen LogP contribution in [0.3, 0.4) is 0 Å². The Morgan fingerprint density at radius 2 is 0.453 bits per heavy atom. The van der Waals surface area contributed by atoms with Crippen molar-refractivity contribution in [1.82, 2.24) is 0 Å². The van der Waals surface area contributed by atoms with Crippen molar-refractivity contribution >= 4 is 56.2 Å². The molecule has 0 heterocycles. The Morgan fingerprint density at radius 1 is 0.240 bits per heavy atom. The third-order valence-electron chi connectivity index (χ3n) is 14.0. The van der Waals surface area contributed by atoms with Gasteiger partial charge in [0, 0.05) is 19.6 Å². The van der Waals surface area contributed by atoms with E-state index in [2.05, 4.69) is 280 Å². The van der Waals surface area contributed by atoms with E-state index in [1.807, 2.05) is 23.5 Å². The molecule has 378 valence electrons. The van der Waals surface area contributed by atoms with Gasteiger partial charge in [0.1, 0.15) is 0 Å². The standard InChI is InChI=1S/C70H68S5/c1-48-9-33-62(34-10-48)73(63-35-11-49(2)12-36-63)68-45-59(28-19-53(68)6)71-58-31-24-56(25-32-58)22-23-57-26-43-67(44-27-57)75(66-41-17-52(5)18-42-66)70-47-61(30-21-55(70)8)72-60-29-20-54(7)69(46-60)74(64-37-13-50(3)14-38-64)65-39-15-51(4)16-40-65/h9-21,24-47,73-75H,22-23H2,1-8H3. The van der Waals surface area contributed by atoms with Gasteiger partial charge in [-0.1, -0.05) is 154 Å². The van der Waals surface area contributed by atoms with Crippen molar-refractivity contribution in [2.45, 2.75) is 132 Å². The molecular weight excluding hydrogens is 1000 g/mol. The molecule has 75 heavy (non-hydrogen) atoms. The minimum Gasteiger partial charge on any atom is -0.172 e. The Labute approximate surface area is 464 Å². The minimum atomic E-state index is -0.794. The van der Waals surface area contributed by atoms with Crippen LogP contribution >= 0.6 is 56.2 Å². The molecule has 0 aliphatic carbocycles. The Bertz CT molecular complexity index is 3430. The van der Waals surface area contributed by atoms with Crippen molar-refractivity contribution in [2.24, 2.45) is 0 Å². The lowest BCUT2D eigenvalue weighted by Gasteiger charge is -2.27. The molecule has 0 bridgehead atoms. The van der Waals surface area contributed by atoms with Crippen LogP contribution in [-0.2, 0) is 12.8 Å². The monoisotopic (exact) mass is 1070 g/mol. The van der Waals surface area contributed by atoms with Gasteiger partial charge in [-0.05, 0) is 261 Å². The normalized spacial score (nSPS) is 12.3. The maximum atomic E-state index is 2.48. The highest BCUT2D eigenvalue weighted by molar-refractivity contribution is 8.18. The van der Waals surface area contributed by atoms with Gasteiger partial charge < -0.3 is 0 Å². The second kappa shape index (κ2) is 23.9. The van der Waals surface area contributed by atoms with Crippen LogP contribution in [0.4, 0.5) is 0 Å². The zero-order valence-electron chi connectivity index (χ0n) is 44.4. The van der Waals surface area contributed by atoms with Gasteiger partial charge in [0.2, 0.25) is 0 Å². The fourth-order valence-corrected chi connectivity index (χ4v) is 18.9. The average molecular weight is 1070 g/mol. The molecule has 10 aromatic carbocycles. The van der Waals surface area contributed by atoms with Crippen LogP contribution in [0, 0.1) is 55.4 Å². The first-order chi connectivity index (χ1) is 36.4. The summed E-state index contributed by atoms with van der Waals surface area (Å²) in [6.45, 7) is 17.7. The van der Waals surface area contributed by atoms with Gasteiger partial charge in [0.25, 0.3) is 0 Å². The van der Waals surface area contributed by atoms with Crippen LogP contribution in [0.5, 0.6) is 0 Å². The smallest absolute Gasteiger partial charge is 0.0133 e. The summed E-state index contributed by atoms with van der Waals surface area (Å²) in [4.78, 5) is 17.7. The van der Waals surface area contributed by atoms with Gasteiger partial charge in [0.15, 0.2) is 0 Å². The van der Waals surface area contributed by atoms with E-state index in [1.165, 1.54) is 119 Å². The highest BCUT2D eigenvalue weighted by Gasteiger charge is 2.20. The van der Waals surface area contributed by atoms with Crippen molar-refractivity contribution in [3.8, 4) is 0 Å². The third kappa shape index (κ3) is 12.8. The molecule has 0 nitrogen and oxygen atoms in total. The molecule has 0 radical (unpaired) electrons. The number of rotatable bonds is 16. The lowest BCUT2D eigenvalue weighted by atomic mass is 10.0. The van der Waals surface area contributed by atoms with Crippen LogP contribution in [0.15, 0.2) is 288 Å². The van der Waals surface area contributed by atoms with E-state index in [4.69, 9.17) is 0 Å². The minimum absolute atomic E-state index is 0.687. The number of aryl methyl sites for hydroxylation is 10. The molecule has 5 heteroatoms. The first kappa shape index (κ1) is 52.4. The van der Waals surface area contributed by atoms with Crippen molar-refractivity contribution in [1.29, 1.82) is 0 Å². The van der Waals surface area contributed by atoms with Gasteiger partial charge in [-0.2, -0.15) is 32.7 Å². The van der Waals surface area contributed by atoms with Crippen molar-refractivity contribution in [2.75, 3.05) is 0 Å². The predicted octanol–water partition coefficient (Wildman–Crippen LogP) is 20.7. The number of benzene rings is 10. The zero-order chi connectivity index (χ0) is 52.0. The number of hydrogen-bond donors (Lipinski definition) is 3. The lowest BCUT2D eigenvalue weighted by molar-refractivity contribution is 0.955. The van der Waals surface area contributed by atoms with E-state index in [0.29, 0.717) is 0 Å². The topological polar surface area (TPSA) is 0 Å². The van der Waals surface area contributed by atoms with Crippen molar-refractivity contribution in [3.63, 3.8) is 0 Å². The average Bonchev–Trinajstić information content (AvgIpc) is 3.42. The molecule has 1 atom stereocenters. The second-order valence-electron chi connectivity index (χ2n) is 20.0. The molecule has 0 saturated heterocycles. The summed E-state index contributed by atoms with van der Waals surface area (Å²) in [7, 11) is -2.21. The van der Waals surface area contributed by atoms with Crippen LogP contribution in [0.2, 0.25) is 0 Å². The molecule has 0 fully saturated rings. The molecule has 1 unspecified atom stereocenters. The highest BCUT2D eigenvalue weighted by atomic mass is 32.2. The first-order valence-electron chi connectivity index (χ1n) is 26.0. The maximum absolute atomic E-state index is 2.48. The maximum Gasteiger partial charge on any atom is 0.0133 e. The van der Waals surface area contributed by atoms with E-state index in [-0.39, 0.29) is 0 Å². The molecule has 0 saturated carbocycles. The number of hydrogen-bond acceptors (Lipinski definition) is 2. The first-order valence-corrected chi connectivity index (χ1v) is 31.7. The van der Waals surface area contributed by atoms with E-state index < -0.39 is 32.7 Å². The molecule has 0 amide bonds. The molecule has 0 aliphatic heterocycles. The summed E-state index contributed by atoms with van der Waals surface area (Å²) < 4.78 is 0. The molecule has 0 aromatic heterocycles. The Hall–Kier alpha value is -6.05. The van der Waals surface area contributed by atoms with Gasteiger partial charge in [-0.3, -0.25) is 0 Å². The van der Waals surface area contributed by atoms with Crippen molar-refractivity contribution < 1.29 is 0 Å². The summed E-state index contributed by atoms with van der Waals surface area (Å²) in [5, 5.41) is 0. The Balaban J connectivity index is 0.853. The highest BCUT2D eigenvalue weighted by Crippen LogP contribution is 2.56. The second-order valence-corrected chi connectivity index (χ2v) is 28.9. The van der Waals surface area contributed by atoms with Crippen LogP contribution in [-0.4, -0.2) is 0 Å². The van der Waals surface area contributed by atoms with Crippen LogP contribution in [0.25, 0.3) is 0 Å². The van der Waals surface area contributed by atoms with Gasteiger partial charge in [0.05, 0.1) is 0 Å². The van der Waals surface area contributed by atoms with E-state index in [9.17, 15) is 0 Å². The summed E-state index contributed by atoms with van der Waals surface area (Å²) in [6, 6.07) is 86.1. The molecular formula is C70H68S5. The molecule has 10 rings (SSSR count). The zero-order valence-corrected chi connectivity index (χ0v) is 48.8. The van der Waals surface area contributed by atoms with Crippen LogP contribution in [0.1, 0.15) is 55.6 Å².